The predicted octanol–water partition coefficient (Wildman–Crippen LogP) is 3.28. The molecule has 7 heteroatoms. The van der Waals surface area contributed by atoms with Crippen LogP contribution in [0.15, 0.2) is 30.3 Å². The van der Waals surface area contributed by atoms with Crippen molar-refractivity contribution in [3.8, 4) is 11.5 Å². The zero-order valence-electron chi connectivity index (χ0n) is 17.7. The van der Waals surface area contributed by atoms with Gasteiger partial charge in [0.2, 0.25) is 6.79 Å². The van der Waals surface area contributed by atoms with Crippen LogP contribution in [0.1, 0.15) is 63.7 Å². The second kappa shape index (κ2) is 8.21. The van der Waals surface area contributed by atoms with E-state index in [4.69, 9.17) is 14.5 Å². The lowest BCUT2D eigenvalue weighted by atomic mass is 9.89. The summed E-state index contributed by atoms with van der Waals surface area (Å²) in [6.07, 6.45) is 3.98. The molecular weight excluding hydrogens is 394 g/mol. The zero-order chi connectivity index (χ0) is 21.4. The van der Waals surface area contributed by atoms with E-state index >= 15 is 0 Å². The second-order valence-electron chi connectivity index (χ2n) is 8.67. The number of nitrogens with one attached hydrogen (secondary N) is 1. The molecule has 3 aliphatic rings. The van der Waals surface area contributed by atoms with Gasteiger partial charge in [-0.2, -0.15) is 0 Å². The van der Waals surface area contributed by atoms with Crippen LogP contribution in [0.4, 0.5) is 0 Å². The third kappa shape index (κ3) is 4.22. The highest BCUT2D eigenvalue weighted by atomic mass is 16.7. The van der Waals surface area contributed by atoms with E-state index in [1.165, 1.54) is 12.8 Å². The molecular formula is C24H27N3O4. The molecule has 2 fully saturated rings. The van der Waals surface area contributed by atoms with E-state index in [-0.39, 0.29) is 24.5 Å². The molecule has 162 valence electrons. The van der Waals surface area contributed by atoms with Gasteiger partial charge in [-0.15, -0.1) is 0 Å². The monoisotopic (exact) mass is 421 g/mol. The Morgan fingerprint density at radius 1 is 1.06 bits per heavy atom. The third-order valence-corrected chi connectivity index (χ3v) is 6.35. The number of aryl methyl sites for hydroxylation is 1. The molecule has 2 aliphatic heterocycles. The van der Waals surface area contributed by atoms with Crippen LogP contribution in [-0.2, 0) is 0 Å². The first-order valence-electron chi connectivity index (χ1n) is 11.0. The first-order chi connectivity index (χ1) is 15.1. The lowest BCUT2D eigenvalue weighted by molar-refractivity contribution is 0.0710. The van der Waals surface area contributed by atoms with E-state index in [2.05, 4.69) is 5.32 Å². The molecule has 1 saturated carbocycles. The predicted molar refractivity (Wildman–Crippen MR) is 114 cm³/mol. The van der Waals surface area contributed by atoms with Crippen molar-refractivity contribution < 1.29 is 19.1 Å². The highest BCUT2D eigenvalue weighted by Crippen LogP contribution is 2.34. The maximum absolute atomic E-state index is 13.0. The van der Waals surface area contributed by atoms with E-state index in [9.17, 15) is 9.59 Å². The van der Waals surface area contributed by atoms with Crippen LogP contribution in [0.2, 0.25) is 0 Å². The number of aromatic nitrogens is 1. The van der Waals surface area contributed by atoms with Gasteiger partial charge in [0.05, 0.1) is 11.3 Å². The van der Waals surface area contributed by atoms with Crippen LogP contribution < -0.4 is 14.8 Å². The molecule has 0 bridgehead atoms. The summed E-state index contributed by atoms with van der Waals surface area (Å²) in [7, 11) is 0. The molecule has 5 rings (SSSR count). The summed E-state index contributed by atoms with van der Waals surface area (Å²) < 4.78 is 10.7. The Balaban J connectivity index is 1.26. The molecule has 1 aromatic heterocycles. The van der Waals surface area contributed by atoms with Crippen LogP contribution in [-0.4, -0.2) is 48.1 Å². The first kappa shape index (κ1) is 19.8. The van der Waals surface area contributed by atoms with Crippen molar-refractivity contribution in [3.63, 3.8) is 0 Å². The van der Waals surface area contributed by atoms with Crippen molar-refractivity contribution in [2.75, 3.05) is 26.4 Å². The number of piperidine rings is 1. The number of hydrogen-bond acceptors (Lipinski definition) is 5. The van der Waals surface area contributed by atoms with E-state index in [0.717, 1.165) is 30.8 Å². The van der Waals surface area contributed by atoms with Crippen LogP contribution in [0.25, 0.3) is 0 Å². The highest BCUT2D eigenvalue weighted by Gasteiger charge is 2.29. The first-order valence-corrected chi connectivity index (χ1v) is 11.0. The summed E-state index contributed by atoms with van der Waals surface area (Å²) in [6, 6.07) is 9.11. The minimum Gasteiger partial charge on any atom is -0.454 e. The molecule has 3 heterocycles. The molecule has 1 N–H and O–H groups in total. The lowest BCUT2D eigenvalue weighted by Crippen LogP contribution is -2.38. The van der Waals surface area contributed by atoms with Crippen LogP contribution in [0.5, 0.6) is 11.5 Å². The minimum atomic E-state index is -0.0340. The fraction of sp³-hybridized carbons (Fsp3) is 0.458. The fourth-order valence-corrected chi connectivity index (χ4v) is 4.30. The average Bonchev–Trinajstić information content (AvgIpc) is 3.51. The van der Waals surface area contributed by atoms with Gasteiger partial charge >= 0.3 is 0 Å². The Bertz CT molecular complexity index is 1010. The van der Waals surface area contributed by atoms with Gasteiger partial charge in [0.1, 0.15) is 0 Å². The highest BCUT2D eigenvalue weighted by molar-refractivity contribution is 5.96. The summed E-state index contributed by atoms with van der Waals surface area (Å²) in [6.45, 7) is 4.16. The number of rotatable bonds is 5. The van der Waals surface area contributed by atoms with E-state index < -0.39 is 0 Å². The number of nitrogens with zero attached hydrogens (tertiary/aromatic N) is 2. The summed E-state index contributed by atoms with van der Waals surface area (Å²) in [5, 5.41) is 3.06. The third-order valence-electron chi connectivity index (χ3n) is 6.35. The van der Waals surface area contributed by atoms with Crippen molar-refractivity contribution in [1.29, 1.82) is 0 Å². The number of likely N-dealkylation sites (tertiary alicyclic amines) is 1. The Labute approximate surface area is 181 Å². The van der Waals surface area contributed by atoms with Crippen molar-refractivity contribution in [3.05, 3.63) is 52.8 Å². The number of fused-ring (bicyclic) bond motifs is 1. The Hall–Kier alpha value is -3.09. The standard InChI is InChI=1S/C24H27N3O4/c1-15-2-6-19(23(28)25-13-16-3-4-16)22(26-15)17-8-10-27(11-9-17)24(29)18-5-7-20-21(12-18)31-14-30-20/h2,5-7,12,16-17H,3-4,8-11,13-14H2,1H3,(H,25,28). The quantitative estimate of drug-likeness (QED) is 0.801. The smallest absolute Gasteiger partial charge is 0.253 e. The van der Waals surface area contributed by atoms with Gasteiger partial charge in [-0.25, -0.2) is 0 Å². The molecule has 1 aliphatic carbocycles. The number of ether oxygens (including phenoxy) is 2. The zero-order valence-corrected chi connectivity index (χ0v) is 17.7. The normalized spacial score (nSPS) is 18.2. The fourth-order valence-electron chi connectivity index (χ4n) is 4.30. The van der Waals surface area contributed by atoms with Gasteiger partial charge in [-0.3, -0.25) is 14.6 Å². The van der Waals surface area contributed by atoms with Gasteiger partial charge in [0.25, 0.3) is 11.8 Å². The largest absolute Gasteiger partial charge is 0.454 e. The van der Waals surface area contributed by atoms with E-state index in [1.807, 2.05) is 24.0 Å². The molecule has 1 saturated heterocycles. The number of benzene rings is 1. The number of carbonyl (C=O) groups is 2. The Kier molecular flexibility index (Phi) is 5.26. The summed E-state index contributed by atoms with van der Waals surface area (Å²) >= 11 is 0. The van der Waals surface area contributed by atoms with Gasteiger partial charge in [0, 0.05) is 36.8 Å². The molecule has 0 atom stereocenters. The Morgan fingerprint density at radius 3 is 2.61 bits per heavy atom. The topological polar surface area (TPSA) is 80.8 Å². The number of hydrogen-bond donors (Lipinski definition) is 1. The van der Waals surface area contributed by atoms with Gasteiger partial charge < -0.3 is 19.7 Å². The number of pyridine rings is 1. The van der Waals surface area contributed by atoms with Crippen LogP contribution in [0, 0.1) is 12.8 Å². The van der Waals surface area contributed by atoms with Crippen LogP contribution >= 0.6 is 0 Å². The maximum atomic E-state index is 13.0. The minimum absolute atomic E-state index is 0.00338. The molecule has 0 spiro atoms. The molecule has 7 nitrogen and oxygen atoms in total. The molecule has 2 amide bonds. The van der Waals surface area contributed by atoms with E-state index in [1.54, 1.807) is 18.2 Å². The summed E-state index contributed by atoms with van der Waals surface area (Å²) in [5.74, 6) is 2.06. The average molecular weight is 421 g/mol. The second-order valence-corrected chi connectivity index (χ2v) is 8.67. The summed E-state index contributed by atoms with van der Waals surface area (Å²) in [5.41, 5.74) is 3.06. The van der Waals surface area contributed by atoms with Gasteiger partial charge in [-0.1, -0.05) is 0 Å². The molecule has 2 aromatic rings. The van der Waals surface area contributed by atoms with Crippen LogP contribution in [0.3, 0.4) is 0 Å². The maximum Gasteiger partial charge on any atom is 0.253 e. The Morgan fingerprint density at radius 2 is 1.84 bits per heavy atom. The molecule has 0 unspecified atom stereocenters. The van der Waals surface area contributed by atoms with Gasteiger partial charge in [-0.05, 0) is 68.9 Å². The van der Waals surface area contributed by atoms with Crippen molar-refractivity contribution >= 4 is 11.8 Å². The van der Waals surface area contributed by atoms with Crippen molar-refractivity contribution in [2.45, 2.75) is 38.5 Å². The van der Waals surface area contributed by atoms with Crippen molar-refractivity contribution in [2.24, 2.45) is 5.92 Å². The number of amides is 2. The number of carbonyl (C=O) groups excluding carboxylic acids is 2. The molecule has 0 radical (unpaired) electrons. The molecule has 1 aromatic carbocycles. The SMILES string of the molecule is Cc1ccc(C(=O)NCC2CC2)c(C2CCN(C(=O)c3ccc4c(c3)OCO4)CC2)n1. The van der Waals surface area contributed by atoms with Gasteiger partial charge in [0.15, 0.2) is 11.5 Å². The van der Waals surface area contributed by atoms with E-state index in [0.29, 0.717) is 41.6 Å². The van der Waals surface area contributed by atoms with Crippen molar-refractivity contribution in [1.82, 2.24) is 15.2 Å². The summed E-state index contributed by atoms with van der Waals surface area (Å²) in [4.78, 5) is 32.3. The molecule has 31 heavy (non-hydrogen) atoms. The lowest BCUT2D eigenvalue weighted by Gasteiger charge is -2.32.